The molecule has 88 valence electrons. The molecule has 1 rings (SSSR count). The van der Waals surface area contributed by atoms with Crippen molar-refractivity contribution in [2.45, 2.75) is 13.8 Å². The topological polar surface area (TPSA) is 77.3 Å². The van der Waals surface area contributed by atoms with Crippen LogP contribution >= 0.6 is 0 Å². The van der Waals surface area contributed by atoms with Gasteiger partial charge in [-0.25, -0.2) is 4.98 Å². The van der Waals surface area contributed by atoms with Crippen LogP contribution in [-0.4, -0.2) is 29.7 Å². The van der Waals surface area contributed by atoms with Crippen molar-refractivity contribution in [3.8, 4) is 0 Å². The standard InChI is InChI=1S/C10H15N3O3/c1-3-16-5-4-11-10-6-8(2)9(7-12-10)13(14)15/h6-7H,3-5H2,1-2H3,(H,11,12). The summed E-state index contributed by atoms with van der Waals surface area (Å²) < 4.78 is 5.15. The Morgan fingerprint density at radius 1 is 1.62 bits per heavy atom. The number of ether oxygens (including phenoxy) is 1. The number of hydrogen-bond donors (Lipinski definition) is 1. The van der Waals surface area contributed by atoms with Crippen LogP contribution in [0.5, 0.6) is 0 Å². The Kier molecular flexibility index (Phi) is 4.65. The number of nitro groups is 1. The average Bonchev–Trinajstić information content (AvgIpc) is 2.24. The predicted molar refractivity (Wildman–Crippen MR) is 60.6 cm³/mol. The Morgan fingerprint density at radius 3 is 2.94 bits per heavy atom. The van der Waals surface area contributed by atoms with E-state index in [0.29, 0.717) is 31.1 Å². The van der Waals surface area contributed by atoms with Gasteiger partial charge in [0.15, 0.2) is 0 Å². The van der Waals surface area contributed by atoms with E-state index in [4.69, 9.17) is 4.74 Å². The minimum atomic E-state index is -0.438. The lowest BCUT2D eigenvalue weighted by molar-refractivity contribution is -0.385. The van der Waals surface area contributed by atoms with Crippen LogP contribution in [0.3, 0.4) is 0 Å². The van der Waals surface area contributed by atoms with Crippen LogP contribution in [-0.2, 0) is 4.74 Å². The molecular formula is C10H15N3O3. The van der Waals surface area contributed by atoms with Gasteiger partial charge in [-0.05, 0) is 19.9 Å². The molecule has 1 N–H and O–H groups in total. The number of aromatic nitrogens is 1. The first-order valence-electron chi connectivity index (χ1n) is 5.07. The van der Waals surface area contributed by atoms with Gasteiger partial charge < -0.3 is 10.1 Å². The highest BCUT2D eigenvalue weighted by Gasteiger charge is 2.10. The highest BCUT2D eigenvalue weighted by atomic mass is 16.6. The number of rotatable bonds is 6. The Labute approximate surface area is 93.8 Å². The summed E-state index contributed by atoms with van der Waals surface area (Å²) in [6, 6.07) is 1.66. The van der Waals surface area contributed by atoms with E-state index in [2.05, 4.69) is 10.3 Å². The van der Waals surface area contributed by atoms with Gasteiger partial charge in [0.2, 0.25) is 0 Å². The third kappa shape index (κ3) is 3.47. The third-order valence-electron chi connectivity index (χ3n) is 2.04. The van der Waals surface area contributed by atoms with E-state index in [1.807, 2.05) is 6.92 Å². The molecule has 0 atom stereocenters. The minimum Gasteiger partial charge on any atom is -0.380 e. The summed E-state index contributed by atoms with van der Waals surface area (Å²) in [7, 11) is 0. The van der Waals surface area contributed by atoms with Crippen LogP contribution in [0.25, 0.3) is 0 Å². The average molecular weight is 225 g/mol. The van der Waals surface area contributed by atoms with Gasteiger partial charge in [-0.2, -0.15) is 0 Å². The van der Waals surface area contributed by atoms with Crippen LogP contribution in [0.1, 0.15) is 12.5 Å². The van der Waals surface area contributed by atoms with E-state index >= 15 is 0 Å². The molecule has 6 heteroatoms. The summed E-state index contributed by atoms with van der Waals surface area (Å²) >= 11 is 0. The van der Waals surface area contributed by atoms with E-state index in [9.17, 15) is 10.1 Å². The van der Waals surface area contributed by atoms with Crippen LogP contribution in [0.15, 0.2) is 12.3 Å². The van der Waals surface area contributed by atoms with Crippen LogP contribution in [0.2, 0.25) is 0 Å². The van der Waals surface area contributed by atoms with Gasteiger partial charge in [-0.1, -0.05) is 0 Å². The zero-order valence-electron chi connectivity index (χ0n) is 9.40. The summed E-state index contributed by atoms with van der Waals surface area (Å²) in [5.74, 6) is 0.628. The van der Waals surface area contributed by atoms with E-state index in [-0.39, 0.29) is 5.69 Å². The molecule has 0 aliphatic heterocycles. The number of aryl methyl sites for hydroxylation is 1. The first kappa shape index (κ1) is 12.4. The molecule has 6 nitrogen and oxygen atoms in total. The van der Waals surface area contributed by atoms with E-state index in [1.54, 1.807) is 13.0 Å². The molecule has 1 heterocycles. The number of nitrogens with zero attached hydrogens (tertiary/aromatic N) is 2. The predicted octanol–water partition coefficient (Wildman–Crippen LogP) is 1.75. The Hall–Kier alpha value is -1.69. The Morgan fingerprint density at radius 2 is 2.38 bits per heavy atom. The summed E-state index contributed by atoms with van der Waals surface area (Å²) in [4.78, 5) is 14.1. The summed E-state index contributed by atoms with van der Waals surface area (Å²) in [5.41, 5.74) is 0.634. The third-order valence-corrected chi connectivity index (χ3v) is 2.04. The van der Waals surface area contributed by atoms with Crippen molar-refractivity contribution in [2.75, 3.05) is 25.1 Å². The fourth-order valence-corrected chi connectivity index (χ4v) is 1.23. The highest BCUT2D eigenvalue weighted by Crippen LogP contribution is 2.18. The smallest absolute Gasteiger partial charge is 0.290 e. The minimum absolute atomic E-state index is 0.0374. The zero-order valence-corrected chi connectivity index (χ0v) is 9.40. The molecule has 0 unspecified atom stereocenters. The molecule has 0 spiro atoms. The maximum atomic E-state index is 10.6. The lowest BCUT2D eigenvalue weighted by Crippen LogP contribution is -2.10. The van der Waals surface area contributed by atoms with Crippen molar-refractivity contribution in [3.05, 3.63) is 27.9 Å². The number of pyridine rings is 1. The summed E-state index contributed by atoms with van der Waals surface area (Å²) in [6.07, 6.45) is 1.26. The van der Waals surface area contributed by atoms with Crippen LogP contribution in [0, 0.1) is 17.0 Å². The fourth-order valence-electron chi connectivity index (χ4n) is 1.23. The molecule has 0 saturated carbocycles. The molecule has 0 amide bonds. The van der Waals surface area contributed by atoms with Crippen molar-refractivity contribution in [1.82, 2.24) is 4.98 Å². The maximum absolute atomic E-state index is 10.6. The van der Waals surface area contributed by atoms with Crippen molar-refractivity contribution < 1.29 is 9.66 Å². The van der Waals surface area contributed by atoms with Gasteiger partial charge in [-0.15, -0.1) is 0 Å². The molecular weight excluding hydrogens is 210 g/mol. The molecule has 1 aromatic rings. The molecule has 1 aromatic heterocycles. The first-order valence-corrected chi connectivity index (χ1v) is 5.07. The van der Waals surface area contributed by atoms with Gasteiger partial charge in [0.05, 0.1) is 11.5 Å². The molecule has 0 fully saturated rings. The van der Waals surface area contributed by atoms with Crippen molar-refractivity contribution in [3.63, 3.8) is 0 Å². The van der Waals surface area contributed by atoms with E-state index in [1.165, 1.54) is 6.20 Å². The summed E-state index contributed by atoms with van der Waals surface area (Å²) in [5, 5.41) is 13.6. The number of nitrogens with one attached hydrogen (secondary N) is 1. The van der Waals surface area contributed by atoms with Gasteiger partial charge in [-0.3, -0.25) is 10.1 Å². The fraction of sp³-hybridized carbons (Fsp3) is 0.500. The zero-order chi connectivity index (χ0) is 12.0. The van der Waals surface area contributed by atoms with Crippen molar-refractivity contribution in [1.29, 1.82) is 0 Å². The molecule has 16 heavy (non-hydrogen) atoms. The second-order valence-corrected chi connectivity index (χ2v) is 3.24. The summed E-state index contributed by atoms with van der Waals surface area (Å²) in [6.45, 7) is 5.52. The molecule has 0 bridgehead atoms. The van der Waals surface area contributed by atoms with Crippen molar-refractivity contribution >= 4 is 11.5 Å². The first-order chi connectivity index (χ1) is 7.65. The quantitative estimate of drug-likeness (QED) is 0.453. The second kappa shape index (κ2) is 6.02. The van der Waals surface area contributed by atoms with Gasteiger partial charge >= 0.3 is 0 Å². The Bertz CT molecular complexity index is 368. The molecule has 0 aliphatic rings. The second-order valence-electron chi connectivity index (χ2n) is 3.24. The monoisotopic (exact) mass is 225 g/mol. The van der Waals surface area contributed by atoms with Gasteiger partial charge in [0.25, 0.3) is 5.69 Å². The number of hydrogen-bond acceptors (Lipinski definition) is 5. The van der Waals surface area contributed by atoms with E-state index < -0.39 is 4.92 Å². The van der Waals surface area contributed by atoms with Crippen molar-refractivity contribution in [2.24, 2.45) is 0 Å². The van der Waals surface area contributed by atoms with Crippen LogP contribution < -0.4 is 5.32 Å². The van der Waals surface area contributed by atoms with E-state index in [0.717, 1.165) is 0 Å². The lowest BCUT2D eigenvalue weighted by Gasteiger charge is -2.06. The molecule has 0 radical (unpaired) electrons. The lowest BCUT2D eigenvalue weighted by atomic mass is 10.2. The normalized spacial score (nSPS) is 10.1. The largest absolute Gasteiger partial charge is 0.380 e. The highest BCUT2D eigenvalue weighted by molar-refractivity contribution is 5.46. The number of anilines is 1. The Balaban J connectivity index is 2.56. The molecule has 0 aromatic carbocycles. The maximum Gasteiger partial charge on any atom is 0.290 e. The molecule has 0 aliphatic carbocycles. The van der Waals surface area contributed by atoms with Gasteiger partial charge in [0, 0.05) is 18.7 Å². The SMILES string of the molecule is CCOCCNc1cc(C)c([N+](=O)[O-])cn1. The molecule has 0 saturated heterocycles. The van der Waals surface area contributed by atoms with Gasteiger partial charge in [0.1, 0.15) is 12.0 Å². The van der Waals surface area contributed by atoms with Crippen LogP contribution in [0.4, 0.5) is 11.5 Å².